The molecule has 100 valence electrons. The lowest BCUT2D eigenvalue weighted by Gasteiger charge is -2.11. The zero-order chi connectivity index (χ0) is 14.1. The summed E-state index contributed by atoms with van der Waals surface area (Å²) in [7, 11) is 0. The highest BCUT2D eigenvalue weighted by atomic mass is 35.5. The van der Waals surface area contributed by atoms with Crippen molar-refractivity contribution >= 4 is 39.7 Å². The molecule has 0 saturated carbocycles. The molecule has 0 aliphatic carbocycles. The van der Waals surface area contributed by atoms with E-state index in [1.165, 1.54) is 6.33 Å². The molecule has 3 aromatic rings. The van der Waals surface area contributed by atoms with Crippen molar-refractivity contribution in [2.24, 2.45) is 0 Å². The quantitative estimate of drug-likeness (QED) is 0.706. The van der Waals surface area contributed by atoms with Crippen LogP contribution in [0.3, 0.4) is 0 Å². The predicted octanol–water partition coefficient (Wildman–Crippen LogP) is 3.31. The van der Waals surface area contributed by atoms with Crippen LogP contribution in [0.2, 0.25) is 5.15 Å². The van der Waals surface area contributed by atoms with Gasteiger partial charge < -0.3 is 11.1 Å². The monoisotopic (exact) mass is 285 g/mol. The maximum absolute atomic E-state index is 5.89. The van der Waals surface area contributed by atoms with Crippen LogP contribution in [0.4, 0.5) is 17.2 Å². The van der Waals surface area contributed by atoms with Crippen molar-refractivity contribution in [2.75, 3.05) is 11.1 Å². The van der Waals surface area contributed by atoms with Gasteiger partial charge in [0.15, 0.2) is 11.0 Å². The van der Waals surface area contributed by atoms with Gasteiger partial charge in [0.25, 0.3) is 0 Å². The number of halogens is 1. The molecule has 0 saturated heterocycles. The van der Waals surface area contributed by atoms with Crippen molar-refractivity contribution in [1.82, 2.24) is 15.0 Å². The van der Waals surface area contributed by atoms with Crippen LogP contribution in [0.5, 0.6) is 0 Å². The van der Waals surface area contributed by atoms with Gasteiger partial charge in [-0.3, -0.25) is 4.98 Å². The number of aryl methyl sites for hydroxylation is 1. The molecular formula is C14H12ClN5. The summed E-state index contributed by atoms with van der Waals surface area (Å²) < 4.78 is 0. The summed E-state index contributed by atoms with van der Waals surface area (Å²) in [5.41, 5.74) is 8.82. The van der Waals surface area contributed by atoms with Crippen molar-refractivity contribution in [3.63, 3.8) is 0 Å². The Kier molecular flexibility index (Phi) is 3.12. The second kappa shape index (κ2) is 4.94. The first kappa shape index (κ1) is 12.6. The summed E-state index contributed by atoms with van der Waals surface area (Å²) in [5.74, 6) is 0.473. The molecule has 0 atom stereocenters. The second-order valence-corrected chi connectivity index (χ2v) is 4.74. The Morgan fingerprint density at radius 3 is 2.85 bits per heavy atom. The van der Waals surface area contributed by atoms with Crippen molar-refractivity contribution in [2.45, 2.75) is 6.92 Å². The third-order valence-electron chi connectivity index (χ3n) is 2.95. The van der Waals surface area contributed by atoms with Crippen LogP contribution < -0.4 is 11.1 Å². The molecule has 2 aromatic heterocycles. The molecule has 1 aromatic carbocycles. The lowest BCUT2D eigenvalue weighted by Crippen LogP contribution is -2.02. The number of nitrogens with one attached hydrogen (secondary N) is 1. The Morgan fingerprint density at radius 1 is 1.15 bits per heavy atom. The van der Waals surface area contributed by atoms with E-state index in [1.807, 2.05) is 37.3 Å². The van der Waals surface area contributed by atoms with Gasteiger partial charge in [-0.25, -0.2) is 9.97 Å². The number of para-hydroxylation sites is 1. The zero-order valence-corrected chi connectivity index (χ0v) is 11.5. The summed E-state index contributed by atoms with van der Waals surface area (Å²) in [5, 5.41) is 4.43. The Balaban J connectivity index is 2.11. The van der Waals surface area contributed by atoms with Crippen LogP contribution in [0, 0.1) is 6.92 Å². The molecule has 6 heteroatoms. The topological polar surface area (TPSA) is 76.7 Å². The Morgan fingerprint density at radius 2 is 2.00 bits per heavy atom. The average molecular weight is 286 g/mol. The molecule has 0 aliphatic rings. The Labute approximate surface area is 120 Å². The highest BCUT2D eigenvalue weighted by Gasteiger charge is 2.09. The van der Waals surface area contributed by atoms with Gasteiger partial charge in [0.05, 0.1) is 11.2 Å². The maximum atomic E-state index is 5.89. The number of rotatable bonds is 2. The van der Waals surface area contributed by atoms with E-state index in [1.54, 1.807) is 0 Å². The molecular weight excluding hydrogens is 274 g/mol. The minimum Gasteiger partial charge on any atom is -0.393 e. The molecule has 0 fully saturated rings. The van der Waals surface area contributed by atoms with Gasteiger partial charge in [-0.15, -0.1) is 0 Å². The summed E-state index contributed by atoms with van der Waals surface area (Å²) in [6.07, 6.45) is 1.37. The first-order valence-electron chi connectivity index (χ1n) is 6.04. The van der Waals surface area contributed by atoms with E-state index in [2.05, 4.69) is 20.3 Å². The van der Waals surface area contributed by atoms with E-state index >= 15 is 0 Å². The molecule has 0 bridgehead atoms. The molecule has 0 unspecified atom stereocenters. The van der Waals surface area contributed by atoms with Gasteiger partial charge in [0.1, 0.15) is 12.0 Å². The van der Waals surface area contributed by atoms with E-state index in [0.717, 1.165) is 22.3 Å². The summed E-state index contributed by atoms with van der Waals surface area (Å²) in [6.45, 7) is 1.95. The molecule has 5 nitrogen and oxygen atoms in total. The number of nitrogens with two attached hydrogens (primary N) is 1. The minimum atomic E-state index is 0.229. The normalized spacial score (nSPS) is 10.7. The minimum absolute atomic E-state index is 0.229. The van der Waals surface area contributed by atoms with Crippen molar-refractivity contribution in [3.8, 4) is 0 Å². The fourth-order valence-electron chi connectivity index (χ4n) is 1.95. The van der Waals surface area contributed by atoms with Gasteiger partial charge in [0.2, 0.25) is 0 Å². The first-order valence-corrected chi connectivity index (χ1v) is 6.42. The number of pyridine rings is 1. The van der Waals surface area contributed by atoms with E-state index in [-0.39, 0.29) is 5.15 Å². The summed E-state index contributed by atoms with van der Waals surface area (Å²) >= 11 is 5.89. The Bertz CT molecular complexity index is 788. The number of fused-ring (bicyclic) bond motifs is 1. The number of hydrogen-bond acceptors (Lipinski definition) is 5. The lowest BCUT2D eigenvalue weighted by atomic mass is 10.1. The van der Waals surface area contributed by atoms with Gasteiger partial charge in [-0.05, 0) is 19.1 Å². The number of aromatic nitrogens is 3. The van der Waals surface area contributed by atoms with Gasteiger partial charge >= 0.3 is 0 Å². The van der Waals surface area contributed by atoms with Crippen LogP contribution in [0.1, 0.15) is 5.69 Å². The number of anilines is 3. The average Bonchev–Trinajstić information content (AvgIpc) is 2.44. The summed E-state index contributed by atoms with van der Waals surface area (Å²) in [6, 6.07) is 9.87. The molecule has 2 heterocycles. The first-order chi connectivity index (χ1) is 9.65. The molecule has 0 spiro atoms. The lowest BCUT2D eigenvalue weighted by molar-refractivity contribution is 1.17. The van der Waals surface area contributed by atoms with E-state index < -0.39 is 0 Å². The number of nitrogen functional groups attached to an aromatic ring is 1. The highest BCUT2D eigenvalue weighted by molar-refractivity contribution is 6.32. The summed E-state index contributed by atoms with van der Waals surface area (Å²) in [4.78, 5) is 12.5. The number of nitrogens with zero attached hydrogens (tertiary/aromatic N) is 3. The number of benzene rings is 1. The van der Waals surface area contributed by atoms with Crippen LogP contribution in [0.15, 0.2) is 36.7 Å². The second-order valence-electron chi connectivity index (χ2n) is 4.38. The van der Waals surface area contributed by atoms with Crippen molar-refractivity contribution in [1.29, 1.82) is 0 Å². The molecule has 0 amide bonds. The third-order valence-corrected chi connectivity index (χ3v) is 3.25. The SMILES string of the molecule is Cc1ccc2cccc(Nc3ncnc(Cl)c3N)c2n1. The van der Waals surface area contributed by atoms with Crippen LogP contribution in [-0.2, 0) is 0 Å². The van der Waals surface area contributed by atoms with Crippen LogP contribution in [0.25, 0.3) is 10.9 Å². The van der Waals surface area contributed by atoms with E-state index in [4.69, 9.17) is 17.3 Å². The highest BCUT2D eigenvalue weighted by Crippen LogP contribution is 2.29. The number of hydrogen-bond donors (Lipinski definition) is 2. The smallest absolute Gasteiger partial charge is 0.158 e. The van der Waals surface area contributed by atoms with Crippen LogP contribution >= 0.6 is 11.6 Å². The van der Waals surface area contributed by atoms with E-state index in [9.17, 15) is 0 Å². The van der Waals surface area contributed by atoms with Crippen molar-refractivity contribution < 1.29 is 0 Å². The van der Waals surface area contributed by atoms with Gasteiger partial charge in [0, 0.05) is 11.1 Å². The van der Waals surface area contributed by atoms with Crippen molar-refractivity contribution in [3.05, 3.63) is 47.5 Å². The van der Waals surface area contributed by atoms with Crippen LogP contribution in [-0.4, -0.2) is 15.0 Å². The Hall–Kier alpha value is -2.40. The standard InChI is InChI=1S/C14H12ClN5/c1-8-5-6-9-3-2-4-10(12(9)19-8)20-14-11(16)13(15)17-7-18-14/h2-7H,16H2,1H3,(H,17,18,20). The molecule has 3 N–H and O–H groups in total. The van der Waals surface area contributed by atoms with E-state index in [0.29, 0.717) is 11.5 Å². The third kappa shape index (κ3) is 2.23. The predicted molar refractivity (Wildman–Crippen MR) is 81.2 cm³/mol. The largest absolute Gasteiger partial charge is 0.393 e. The molecule has 3 rings (SSSR count). The van der Waals surface area contributed by atoms with Gasteiger partial charge in [-0.2, -0.15) is 0 Å². The molecule has 0 radical (unpaired) electrons. The van der Waals surface area contributed by atoms with Gasteiger partial charge in [-0.1, -0.05) is 29.8 Å². The fourth-order valence-corrected chi connectivity index (χ4v) is 2.08. The molecule has 20 heavy (non-hydrogen) atoms. The fraction of sp³-hybridized carbons (Fsp3) is 0.0714. The maximum Gasteiger partial charge on any atom is 0.158 e. The molecule has 0 aliphatic heterocycles. The zero-order valence-electron chi connectivity index (χ0n) is 10.8.